The normalized spacial score (nSPS) is 33.3. The average Bonchev–Trinajstić information content (AvgIpc) is 3.08. The van der Waals surface area contributed by atoms with Crippen molar-refractivity contribution in [2.24, 2.45) is 5.92 Å². The molecular formula is C20H31ClN4O2. The fourth-order valence-electron chi connectivity index (χ4n) is 4.50. The number of ether oxygens (including phenoxy) is 1. The van der Waals surface area contributed by atoms with Crippen LogP contribution in [-0.2, 0) is 9.53 Å². The van der Waals surface area contributed by atoms with Gasteiger partial charge in [0.15, 0.2) is 0 Å². The van der Waals surface area contributed by atoms with E-state index < -0.39 is 0 Å². The predicted octanol–water partition coefficient (Wildman–Crippen LogP) is 1.47. The maximum absolute atomic E-state index is 13.3. The van der Waals surface area contributed by atoms with Gasteiger partial charge in [0.05, 0.1) is 19.2 Å². The van der Waals surface area contributed by atoms with Crippen LogP contribution >= 0.6 is 12.4 Å². The molecule has 5 unspecified atom stereocenters. The van der Waals surface area contributed by atoms with Gasteiger partial charge >= 0.3 is 0 Å². The third-order valence-corrected chi connectivity index (χ3v) is 6.15. The van der Waals surface area contributed by atoms with Crippen molar-refractivity contribution < 1.29 is 9.53 Å². The molecule has 0 spiro atoms. The van der Waals surface area contributed by atoms with E-state index in [1.54, 1.807) is 0 Å². The Morgan fingerprint density at radius 3 is 2.89 bits per heavy atom. The van der Waals surface area contributed by atoms with E-state index in [1.165, 1.54) is 16.7 Å². The number of aryl methyl sites for hydroxylation is 2. The van der Waals surface area contributed by atoms with Crippen molar-refractivity contribution in [2.45, 2.75) is 51.4 Å². The van der Waals surface area contributed by atoms with Crippen LogP contribution in [0.3, 0.4) is 0 Å². The van der Waals surface area contributed by atoms with Gasteiger partial charge in [-0.3, -0.25) is 10.2 Å². The lowest BCUT2D eigenvalue weighted by Gasteiger charge is -2.40. The van der Waals surface area contributed by atoms with Gasteiger partial charge in [-0.1, -0.05) is 23.8 Å². The van der Waals surface area contributed by atoms with E-state index in [1.807, 2.05) is 4.90 Å². The van der Waals surface area contributed by atoms with Crippen LogP contribution < -0.4 is 16.2 Å². The van der Waals surface area contributed by atoms with Crippen LogP contribution in [0, 0.1) is 19.8 Å². The lowest BCUT2D eigenvalue weighted by atomic mass is 9.88. The zero-order valence-corrected chi connectivity index (χ0v) is 17.1. The number of carbonyl (C=O) groups excluding carboxylic acids is 1. The van der Waals surface area contributed by atoms with Crippen LogP contribution in [0.1, 0.15) is 36.1 Å². The standard InChI is InChI=1S/C20H30N4O2.ClH/c1-12-4-5-13(2)15(8-12)18-10-24(14(3)11-26-18)20(25)19-16-9-21-7-6-17(16)22-23-19;/h4-5,8,14,16-19,21-23H,6-7,9-11H2,1-3H3;1H. The summed E-state index contributed by atoms with van der Waals surface area (Å²) in [5, 5.41) is 3.43. The van der Waals surface area contributed by atoms with Crippen LogP contribution in [0.4, 0.5) is 0 Å². The summed E-state index contributed by atoms with van der Waals surface area (Å²) in [6.45, 7) is 9.39. The van der Waals surface area contributed by atoms with Crippen LogP contribution in [0.15, 0.2) is 18.2 Å². The average molecular weight is 395 g/mol. The van der Waals surface area contributed by atoms with Crippen molar-refractivity contribution in [1.29, 1.82) is 0 Å². The Kier molecular flexibility index (Phi) is 6.43. The molecule has 1 aromatic rings. The molecule has 27 heavy (non-hydrogen) atoms. The Morgan fingerprint density at radius 1 is 1.26 bits per heavy atom. The topological polar surface area (TPSA) is 65.6 Å². The third kappa shape index (κ3) is 4.00. The van der Waals surface area contributed by atoms with Crippen LogP contribution in [0.5, 0.6) is 0 Å². The summed E-state index contributed by atoms with van der Waals surface area (Å²) in [6.07, 6.45) is 1.01. The molecule has 0 saturated carbocycles. The number of hydrogen-bond donors (Lipinski definition) is 3. The highest BCUT2D eigenvalue weighted by atomic mass is 35.5. The number of nitrogens with one attached hydrogen (secondary N) is 3. The Balaban J connectivity index is 0.00000210. The molecule has 150 valence electrons. The van der Waals surface area contributed by atoms with E-state index in [9.17, 15) is 4.79 Å². The molecule has 6 nitrogen and oxygen atoms in total. The van der Waals surface area contributed by atoms with Gasteiger partial charge in [0.25, 0.3) is 0 Å². The predicted molar refractivity (Wildman–Crippen MR) is 108 cm³/mol. The van der Waals surface area contributed by atoms with Crippen molar-refractivity contribution in [3.63, 3.8) is 0 Å². The number of carbonyl (C=O) groups is 1. The second kappa shape index (κ2) is 8.45. The number of benzene rings is 1. The van der Waals surface area contributed by atoms with Crippen molar-refractivity contribution >= 4 is 18.3 Å². The van der Waals surface area contributed by atoms with Crippen LogP contribution in [-0.4, -0.2) is 55.2 Å². The van der Waals surface area contributed by atoms with Crippen molar-refractivity contribution in [3.05, 3.63) is 34.9 Å². The Hall–Kier alpha value is -1.18. The first-order valence-electron chi connectivity index (χ1n) is 9.75. The molecule has 3 N–H and O–H groups in total. The maximum atomic E-state index is 13.3. The maximum Gasteiger partial charge on any atom is 0.241 e. The third-order valence-electron chi connectivity index (χ3n) is 6.15. The lowest BCUT2D eigenvalue weighted by Crippen LogP contribution is -2.56. The van der Waals surface area contributed by atoms with Gasteiger partial charge in [-0.05, 0) is 44.9 Å². The molecule has 0 aliphatic carbocycles. The molecule has 0 radical (unpaired) electrons. The fraction of sp³-hybridized carbons (Fsp3) is 0.650. The van der Waals surface area contributed by atoms with Gasteiger partial charge in [-0.25, -0.2) is 5.43 Å². The minimum atomic E-state index is -0.160. The molecule has 1 aromatic carbocycles. The summed E-state index contributed by atoms with van der Waals surface area (Å²) in [5.41, 5.74) is 10.2. The summed E-state index contributed by atoms with van der Waals surface area (Å²) < 4.78 is 6.12. The first kappa shape index (κ1) is 20.6. The minimum Gasteiger partial charge on any atom is -0.370 e. The van der Waals surface area contributed by atoms with Gasteiger partial charge in [-0.2, -0.15) is 0 Å². The molecule has 7 heteroatoms. The molecule has 0 aromatic heterocycles. The van der Waals surface area contributed by atoms with E-state index in [0.29, 0.717) is 25.1 Å². The molecule has 0 bridgehead atoms. The second-order valence-electron chi connectivity index (χ2n) is 8.05. The second-order valence-corrected chi connectivity index (χ2v) is 8.05. The van der Waals surface area contributed by atoms with Crippen molar-refractivity contribution in [2.75, 3.05) is 26.2 Å². The summed E-state index contributed by atoms with van der Waals surface area (Å²) >= 11 is 0. The number of amides is 1. The first-order chi connectivity index (χ1) is 12.5. The molecule has 5 atom stereocenters. The smallest absolute Gasteiger partial charge is 0.241 e. The van der Waals surface area contributed by atoms with Gasteiger partial charge in [0.1, 0.15) is 12.1 Å². The molecule has 3 aliphatic heterocycles. The number of hydrogen-bond acceptors (Lipinski definition) is 5. The summed E-state index contributed by atoms with van der Waals surface area (Å²) in [5.74, 6) is 0.505. The summed E-state index contributed by atoms with van der Waals surface area (Å²) in [7, 11) is 0. The fourth-order valence-corrected chi connectivity index (χ4v) is 4.50. The minimum absolute atomic E-state index is 0. The summed E-state index contributed by atoms with van der Waals surface area (Å²) in [4.78, 5) is 15.4. The van der Waals surface area contributed by atoms with Gasteiger partial charge in [0, 0.05) is 18.5 Å². The van der Waals surface area contributed by atoms with E-state index in [0.717, 1.165) is 19.5 Å². The highest BCUT2D eigenvalue weighted by molar-refractivity contribution is 5.85. The molecule has 3 aliphatic rings. The number of morpholine rings is 1. The number of piperidine rings is 1. The van der Waals surface area contributed by atoms with E-state index in [4.69, 9.17) is 4.74 Å². The van der Waals surface area contributed by atoms with E-state index >= 15 is 0 Å². The number of hydrazine groups is 1. The van der Waals surface area contributed by atoms with E-state index in [2.05, 4.69) is 55.1 Å². The zero-order chi connectivity index (χ0) is 18.3. The first-order valence-corrected chi connectivity index (χ1v) is 9.75. The Morgan fingerprint density at radius 2 is 2.07 bits per heavy atom. The van der Waals surface area contributed by atoms with Crippen LogP contribution in [0.2, 0.25) is 0 Å². The molecule has 1 amide bonds. The zero-order valence-electron chi connectivity index (χ0n) is 16.3. The highest BCUT2D eigenvalue weighted by Gasteiger charge is 2.44. The Bertz CT molecular complexity index is 686. The number of halogens is 1. The van der Waals surface area contributed by atoms with Crippen molar-refractivity contribution in [1.82, 2.24) is 21.1 Å². The van der Waals surface area contributed by atoms with Gasteiger partial charge < -0.3 is 15.0 Å². The molecule has 3 fully saturated rings. The number of nitrogens with zero attached hydrogens (tertiary/aromatic N) is 1. The lowest BCUT2D eigenvalue weighted by molar-refractivity contribution is -0.147. The number of rotatable bonds is 2. The summed E-state index contributed by atoms with van der Waals surface area (Å²) in [6, 6.07) is 6.77. The molecule has 3 saturated heterocycles. The highest BCUT2D eigenvalue weighted by Crippen LogP contribution is 2.30. The number of fused-ring (bicyclic) bond motifs is 1. The Labute approximate surface area is 167 Å². The van der Waals surface area contributed by atoms with E-state index in [-0.39, 0.29) is 36.5 Å². The van der Waals surface area contributed by atoms with Gasteiger partial charge in [0.2, 0.25) is 5.91 Å². The molecule has 3 heterocycles. The molecular weight excluding hydrogens is 364 g/mol. The molecule has 4 rings (SSSR count). The SMILES string of the molecule is Cc1ccc(C)c(C2CN(C(=O)C3NNC4CCNCC43)C(C)CO2)c1.Cl. The quantitative estimate of drug-likeness (QED) is 0.709. The largest absolute Gasteiger partial charge is 0.370 e. The van der Waals surface area contributed by atoms with Crippen LogP contribution in [0.25, 0.3) is 0 Å². The monoisotopic (exact) mass is 394 g/mol. The van der Waals surface area contributed by atoms with Gasteiger partial charge in [-0.15, -0.1) is 12.4 Å². The van der Waals surface area contributed by atoms with Crippen molar-refractivity contribution in [3.8, 4) is 0 Å².